The highest BCUT2D eigenvalue weighted by Gasteiger charge is 2.52. The zero-order chi connectivity index (χ0) is 83.3. The predicted molar refractivity (Wildman–Crippen MR) is 525 cm³/mol. The Kier molecular flexibility index (Phi) is 17.9. The minimum Gasteiger partial charge on any atom is -0.345 e. The largest absolute Gasteiger partial charge is 0.345 e. The van der Waals surface area contributed by atoms with E-state index in [-0.39, 0.29) is 5.41 Å². The quantitative estimate of drug-likeness (QED) is 0.122. The van der Waals surface area contributed by atoms with Crippen molar-refractivity contribution in [3.05, 3.63) is 512 Å². The summed E-state index contributed by atoms with van der Waals surface area (Å²) in [7, 11) is 6.46. The molecule has 3 aromatic heterocycles. The Bertz CT molecular complexity index is 7350. The molecular weight excluding hydrogens is 1510 g/mol. The second-order valence-corrected chi connectivity index (χ2v) is 33.1. The van der Waals surface area contributed by atoms with E-state index in [0.29, 0.717) is 0 Å². The van der Waals surface area contributed by atoms with Gasteiger partial charge in [-0.3, -0.25) is 0 Å². The Balaban J connectivity index is 0.000000110. The lowest BCUT2D eigenvalue weighted by atomic mass is 9.67. The van der Waals surface area contributed by atoms with Gasteiger partial charge < -0.3 is 28.4 Å². The van der Waals surface area contributed by atoms with E-state index in [1.165, 1.54) is 177 Å². The number of nitrogens with zero attached hydrogens (tertiary/aromatic N) is 6. The molecule has 6 nitrogen and oxygen atoms in total. The van der Waals surface area contributed by atoms with Gasteiger partial charge in [-0.2, -0.15) is 0 Å². The normalized spacial score (nSPS) is 12.7. The molecule has 3 aliphatic carbocycles. The maximum Gasteiger partial charge on any atom is 0.0726 e. The van der Waals surface area contributed by atoms with Crippen molar-refractivity contribution in [2.24, 2.45) is 0 Å². The van der Waals surface area contributed by atoms with Crippen LogP contribution in [0.5, 0.6) is 0 Å². The third kappa shape index (κ3) is 11.8. The molecule has 0 N–H and O–H groups in total. The number of fused-ring (bicyclic) bond motifs is 22. The molecule has 0 radical (unpaired) electrons. The van der Waals surface area contributed by atoms with Crippen LogP contribution < -0.4 is 14.7 Å². The topological polar surface area (TPSA) is 24.5 Å². The van der Waals surface area contributed by atoms with Crippen molar-refractivity contribution in [3.63, 3.8) is 0 Å². The molecule has 0 saturated heterocycles. The summed E-state index contributed by atoms with van der Waals surface area (Å²) in [5, 5.41) is 7.69. The Labute approximate surface area is 728 Å². The first kappa shape index (κ1) is 74.1. The van der Waals surface area contributed by atoms with Crippen LogP contribution in [-0.4, -0.2) is 34.8 Å². The summed E-state index contributed by atoms with van der Waals surface area (Å²) in [6.45, 7) is 0. The van der Waals surface area contributed by atoms with Gasteiger partial charge in [0.25, 0.3) is 0 Å². The Hall–Kier alpha value is -16.0. The first-order valence-corrected chi connectivity index (χ1v) is 43.2. The van der Waals surface area contributed by atoms with Crippen molar-refractivity contribution in [2.75, 3.05) is 35.8 Å². The van der Waals surface area contributed by atoms with Crippen molar-refractivity contribution in [3.8, 4) is 61.6 Å². The first-order chi connectivity index (χ1) is 61.8. The van der Waals surface area contributed by atoms with Gasteiger partial charge in [-0.15, -0.1) is 0 Å². The number of anilines is 6. The van der Waals surface area contributed by atoms with Crippen molar-refractivity contribution in [1.82, 2.24) is 13.7 Å². The van der Waals surface area contributed by atoms with Gasteiger partial charge in [0.15, 0.2) is 0 Å². The maximum atomic E-state index is 2.44. The predicted octanol–water partition coefficient (Wildman–Crippen LogP) is 30.0. The standard InChI is InChI=1S/C44H30N2.C44H32N2.C31H24N2/c1-45(29-22-24-30(25-23-29)46-42-20-10-5-15-36(42)37-16-6-11-21-43(37)46)31-26-27-35-34-14-4-9-19-40(34)44(41(35)28-31)38-17-7-2-12-32(38)33-13-3-8-18-39(33)44;1-45(33-24-26-34(27-25-33)46-42-22-12-9-19-38(42)39-20-10-13-23-43(39)46)35-28-29-37-36-18-8-11-21-40(36)44(41(37)30-35,31-14-4-2-5-15-31)32-16-6-3-7-17-32;1-32(25-9-3-2-4-10-25)26-19-15-23(16-20-26)24-17-21-27(22-18-24)33-30-13-7-5-11-28(30)29-12-6-8-14-31(29)33/h2-28H,1H3;2-30H,1H3;2-22H,1H3. The van der Waals surface area contributed by atoms with Crippen LogP contribution in [0.25, 0.3) is 127 Å². The first-order valence-electron chi connectivity index (χ1n) is 43.2. The van der Waals surface area contributed by atoms with Gasteiger partial charge in [-0.25, -0.2) is 0 Å². The van der Waals surface area contributed by atoms with E-state index in [9.17, 15) is 0 Å². The van der Waals surface area contributed by atoms with Crippen molar-refractivity contribution in [2.45, 2.75) is 10.8 Å². The Morgan fingerprint density at radius 1 is 0.168 bits per heavy atom. The fourth-order valence-electron chi connectivity index (χ4n) is 21.0. The highest BCUT2D eigenvalue weighted by atomic mass is 15.1. The summed E-state index contributed by atoms with van der Waals surface area (Å²) in [5.41, 5.74) is 38.1. The van der Waals surface area contributed by atoms with E-state index in [2.05, 4.69) is 511 Å². The molecule has 0 fully saturated rings. The average Bonchev–Trinajstić information content (AvgIpc) is 1.51. The van der Waals surface area contributed by atoms with Crippen LogP contribution in [0.2, 0.25) is 0 Å². The number of hydrogen-bond acceptors (Lipinski definition) is 3. The van der Waals surface area contributed by atoms with Crippen LogP contribution in [0, 0.1) is 0 Å². The molecular formula is C119H86N6. The van der Waals surface area contributed by atoms with E-state index >= 15 is 0 Å². The second-order valence-electron chi connectivity index (χ2n) is 33.1. The summed E-state index contributed by atoms with van der Waals surface area (Å²) in [4.78, 5) is 6.83. The van der Waals surface area contributed by atoms with E-state index < -0.39 is 5.41 Å². The third-order valence-corrected chi connectivity index (χ3v) is 26.8. The number of rotatable bonds is 12. The maximum absolute atomic E-state index is 2.44. The number of benzene rings is 19. The fourth-order valence-corrected chi connectivity index (χ4v) is 21.0. The van der Waals surface area contributed by atoms with Crippen LogP contribution >= 0.6 is 0 Å². The molecule has 3 aliphatic rings. The van der Waals surface area contributed by atoms with Crippen LogP contribution in [0.15, 0.2) is 467 Å². The Morgan fingerprint density at radius 2 is 0.384 bits per heavy atom. The molecule has 0 bridgehead atoms. The van der Waals surface area contributed by atoms with Gasteiger partial charge in [0.2, 0.25) is 0 Å². The molecule has 0 atom stereocenters. The third-order valence-electron chi connectivity index (χ3n) is 26.8. The molecule has 0 amide bonds. The highest BCUT2D eigenvalue weighted by Crippen LogP contribution is 2.64. The van der Waals surface area contributed by atoms with Crippen LogP contribution in [-0.2, 0) is 10.8 Å². The molecule has 0 saturated carbocycles. The van der Waals surface area contributed by atoms with Crippen molar-refractivity contribution < 1.29 is 0 Å². The summed E-state index contributed by atoms with van der Waals surface area (Å²) in [6, 6.07) is 170. The van der Waals surface area contributed by atoms with E-state index in [0.717, 1.165) is 28.4 Å². The zero-order valence-electron chi connectivity index (χ0n) is 69.6. The smallest absolute Gasteiger partial charge is 0.0726 e. The second kappa shape index (κ2) is 30.3. The molecule has 0 aliphatic heterocycles. The zero-order valence-corrected chi connectivity index (χ0v) is 69.6. The van der Waals surface area contributed by atoms with Gasteiger partial charge in [0.1, 0.15) is 0 Å². The van der Waals surface area contributed by atoms with Gasteiger partial charge in [0.05, 0.1) is 43.9 Å². The number of aromatic nitrogens is 3. The van der Waals surface area contributed by atoms with E-state index in [1.807, 2.05) is 6.07 Å². The lowest BCUT2D eigenvalue weighted by Crippen LogP contribution is -2.28. The van der Waals surface area contributed by atoms with E-state index in [1.54, 1.807) is 0 Å². The molecule has 592 valence electrons. The molecule has 22 aromatic rings. The van der Waals surface area contributed by atoms with Crippen LogP contribution in [0.1, 0.15) is 44.5 Å². The monoisotopic (exact) mass is 1600 g/mol. The lowest BCUT2D eigenvalue weighted by Gasteiger charge is -2.34. The van der Waals surface area contributed by atoms with Gasteiger partial charge in [-0.05, 0) is 235 Å². The molecule has 3 heterocycles. The molecule has 0 unspecified atom stereocenters. The molecule has 25 rings (SSSR count). The van der Waals surface area contributed by atoms with E-state index in [4.69, 9.17) is 0 Å². The van der Waals surface area contributed by atoms with Gasteiger partial charge in [0, 0.05) is 105 Å². The summed E-state index contributed by atoms with van der Waals surface area (Å²) in [5.74, 6) is 0. The number of hydrogen-bond donors (Lipinski definition) is 0. The van der Waals surface area contributed by atoms with Crippen molar-refractivity contribution in [1.29, 1.82) is 0 Å². The lowest BCUT2D eigenvalue weighted by molar-refractivity contribution is 0.768. The molecule has 125 heavy (non-hydrogen) atoms. The van der Waals surface area contributed by atoms with Crippen molar-refractivity contribution >= 4 is 99.5 Å². The minimum atomic E-state index is -0.411. The summed E-state index contributed by atoms with van der Waals surface area (Å²) in [6.07, 6.45) is 0. The van der Waals surface area contributed by atoms with Crippen LogP contribution in [0.3, 0.4) is 0 Å². The Morgan fingerprint density at radius 3 is 0.712 bits per heavy atom. The molecule has 1 spiro atoms. The minimum absolute atomic E-state index is 0.337. The highest BCUT2D eigenvalue weighted by molar-refractivity contribution is 6.12. The summed E-state index contributed by atoms with van der Waals surface area (Å²) < 4.78 is 7.10. The van der Waals surface area contributed by atoms with Crippen LogP contribution in [0.4, 0.5) is 34.1 Å². The number of para-hydroxylation sites is 7. The van der Waals surface area contributed by atoms with Gasteiger partial charge >= 0.3 is 0 Å². The summed E-state index contributed by atoms with van der Waals surface area (Å²) >= 11 is 0. The molecule has 6 heteroatoms. The van der Waals surface area contributed by atoms with Gasteiger partial charge in [-0.1, -0.05) is 322 Å². The fraction of sp³-hybridized carbons (Fsp3) is 0.0420. The SMILES string of the molecule is CN(c1ccc(-n2c3ccccc3c3ccccc32)cc1)c1ccc2c(c1)C(c1ccccc1)(c1ccccc1)c1ccccc1-2.CN(c1ccc(-n2c3ccccc3c3ccccc32)cc1)c1ccc2c(c1)C1(c3ccccc3-c3ccccc31)c1ccccc1-2.CN(c1ccccc1)c1ccc(-c2ccc(-n3c4ccccc4c4ccccc43)cc2)cc1. The molecule has 19 aromatic carbocycles. The average molecular weight is 1600 g/mol.